The van der Waals surface area contributed by atoms with Crippen molar-refractivity contribution >= 4 is 16.9 Å². The topological polar surface area (TPSA) is 65.4 Å². The zero-order valence-corrected chi connectivity index (χ0v) is 17.8. The Hall–Kier alpha value is -3.80. The maximum Gasteiger partial charge on any atom is 0.251 e. The lowest BCUT2D eigenvalue weighted by atomic mass is 10.0. The van der Waals surface area contributed by atoms with Gasteiger partial charge in [0, 0.05) is 19.0 Å². The number of methoxy groups -OCH3 is 2. The number of imidazole rings is 1. The number of hydrogen-bond acceptors (Lipinski definition) is 4. The monoisotopic (exact) mass is 415 g/mol. The second kappa shape index (κ2) is 8.92. The Balaban J connectivity index is 1.64. The van der Waals surface area contributed by atoms with E-state index in [1.54, 1.807) is 32.4 Å². The summed E-state index contributed by atoms with van der Waals surface area (Å²) in [4.78, 5) is 17.9. The van der Waals surface area contributed by atoms with E-state index in [1.165, 1.54) is 0 Å². The Morgan fingerprint density at radius 1 is 0.968 bits per heavy atom. The number of aromatic nitrogens is 2. The first-order valence-electron chi connectivity index (χ1n) is 10.1. The van der Waals surface area contributed by atoms with Crippen LogP contribution in [0.2, 0.25) is 0 Å². The average molecular weight is 415 g/mol. The Morgan fingerprint density at radius 2 is 1.68 bits per heavy atom. The fraction of sp³-hybridized carbons (Fsp3) is 0.200. The predicted molar refractivity (Wildman–Crippen MR) is 121 cm³/mol. The van der Waals surface area contributed by atoms with E-state index < -0.39 is 0 Å². The summed E-state index contributed by atoms with van der Waals surface area (Å²) in [5, 5.41) is 3.17. The van der Waals surface area contributed by atoms with E-state index in [2.05, 4.69) is 9.88 Å². The number of amides is 1. The first-order chi connectivity index (χ1) is 15.1. The summed E-state index contributed by atoms with van der Waals surface area (Å²) in [7, 11) is 5.13. The van der Waals surface area contributed by atoms with Gasteiger partial charge in [-0.25, -0.2) is 4.98 Å². The van der Waals surface area contributed by atoms with Crippen LogP contribution in [0.3, 0.4) is 0 Å². The third-order valence-corrected chi connectivity index (χ3v) is 5.42. The summed E-state index contributed by atoms with van der Waals surface area (Å²) in [5.41, 5.74) is 3.53. The molecule has 1 heterocycles. The van der Waals surface area contributed by atoms with Crippen molar-refractivity contribution in [3.05, 3.63) is 89.7 Å². The van der Waals surface area contributed by atoms with E-state index in [4.69, 9.17) is 14.5 Å². The maximum absolute atomic E-state index is 13.1. The number of hydrogen-bond donors (Lipinski definition) is 1. The number of benzene rings is 3. The molecule has 1 aromatic heterocycles. The molecule has 1 N–H and O–H groups in total. The minimum absolute atomic E-state index is 0.187. The maximum atomic E-state index is 13.1. The van der Waals surface area contributed by atoms with Crippen LogP contribution in [-0.4, -0.2) is 29.7 Å². The van der Waals surface area contributed by atoms with E-state index in [0.29, 0.717) is 23.5 Å². The summed E-state index contributed by atoms with van der Waals surface area (Å²) in [6.07, 6.45) is 0.564. The highest BCUT2D eigenvalue weighted by Crippen LogP contribution is 2.28. The number of nitrogens with zero attached hydrogens (tertiary/aromatic N) is 2. The molecular weight excluding hydrogens is 390 g/mol. The van der Waals surface area contributed by atoms with E-state index in [0.717, 1.165) is 22.4 Å². The van der Waals surface area contributed by atoms with Gasteiger partial charge < -0.3 is 19.4 Å². The summed E-state index contributed by atoms with van der Waals surface area (Å²) < 4.78 is 12.7. The first kappa shape index (κ1) is 20.5. The number of para-hydroxylation sites is 2. The van der Waals surface area contributed by atoms with Gasteiger partial charge in [0.1, 0.15) is 5.82 Å². The summed E-state index contributed by atoms with van der Waals surface area (Å²) in [6.45, 7) is 0. The smallest absolute Gasteiger partial charge is 0.251 e. The molecule has 31 heavy (non-hydrogen) atoms. The Bertz CT molecular complexity index is 1200. The largest absolute Gasteiger partial charge is 0.493 e. The van der Waals surface area contributed by atoms with Crippen molar-refractivity contribution in [2.24, 2.45) is 7.05 Å². The van der Waals surface area contributed by atoms with E-state index in [9.17, 15) is 4.79 Å². The molecule has 1 amide bonds. The molecule has 1 atom stereocenters. The number of aryl methyl sites for hydroxylation is 1. The summed E-state index contributed by atoms with van der Waals surface area (Å²) >= 11 is 0. The Morgan fingerprint density at radius 3 is 2.39 bits per heavy atom. The lowest BCUT2D eigenvalue weighted by Crippen LogP contribution is -2.30. The molecule has 0 saturated heterocycles. The van der Waals surface area contributed by atoms with Crippen LogP contribution in [0, 0.1) is 0 Å². The van der Waals surface area contributed by atoms with Gasteiger partial charge in [0.15, 0.2) is 11.5 Å². The molecule has 6 nitrogen and oxygen atoms in total. The van der Waals surface area contributed by atoms with Gasteiger partial charge in [-0.2, -0.15) is 0 Å². The van der Waals surface area contributed by atoms with Gasteiger partial charge in [0.05, 0.1) is 31.3 Å². The van der Waals surface area contributed by atoms with Crippen LogP contribution in [0.1, 0.15) is 27.8 Å². The van der Waals surface area contributed by atoms with Crippen LogP contribution in [0.25, 0.3) is 11.0 Å². The van der Waals surface area contributed by atoms with Crippen LogP contribution >= 0.6 is 0 Å². The van der Waals surface area contributed by atoms with Gasteiger partial charge in [-0.3, -0.25) is 4.79 Å². The van der Waals surface area contributed by atoms with Gasteiger partial charge in [-0.1, -0.05) is 42.5 Å². The second-order valence-electron chi connectivity index (χ2n) is 7.29. The van der Waals surface area contributed by atoms with Gasteiger partial charge in [0.2, 0.25) is 0 Å². The molecule has 4 rings (SSSR count). The second-order valence-corrected chi connectivity index (χ2v) is 7.29. The number of carbonyl (C=O) groups is 1. The summed E-state index contributed by atoms with van der Waals surface area (Å²) in [6, 6.07) is 22.9. The van der Waals surface area contributed by atoms with Gasteiger partial charge in [-0.05, 0) is 35.9 Å². The van der Waals surface area contributed by atoms with Crippen molar-refractivity contribution in [2.45, 2.75) is 12.5 Å². The van der Waals surface area contributed by atoms with E-state index >= 15 is 0 Å². The molecule has 3 aromatic carbocycles. The Labute approximate surface area is 181 Å². The van der Waals surface area contributed by atoms with Crippen molar-refractivity contribution in [1.82, 2.24) is 14.9 Å². The molecule has 0 spiro atoms. The van der Waals surface area contributed by atoms with Crippen LogP contribution in [-0.2, 0) is 13.5 Å². The molecule has 0 unspecified atom stereocenters. The minimum Gasteiger partial charge on any atom is -0.493 e. The van der Waals surface area contributed by atoms with Crippen molar-refractivity contribution in [3.63, 3.8) is 0 Å². The van der Waals surface area contributed by atoms with Gasteiger partial charge in [-0.15, -0.1) is 0 Å². The molecule has 0 saturated carbocycles. The molecule has 0 aliphatic carbocycles. The van der Waals surface area contributed by atoms with Crippen molar-refractivity contribution in [3.8, 4) is 11.5 Å². The standard InChI is InChI=1S/C25H25N3O3/c1-28-21-12-8-7-11-19(21)26-24(28)16-20(17-9-5-4-6-10-17)27-25(29)18-13-14-22(30-2)23(15-18)31-3/h4-15,20H,16H2,1-3H3,(H,27,29)/t20-/m0/s1. The van der Waals surface area contributed by atoms with Crippen molar-refractivity contribution < 1.29 is 14.3 Å². The predicted octanol–water partition coefficient (Wildman–Crippen LogP) is 4.30. The number of rotatable bonds is 7. The molecular formula is C25H25N3O3. The minimum atomic E-state index is -0.239. The molecule has 6 heteroatoms. The third kappa shape index (κ3) is 4.23. The quantitative estimate of drug-likeness (QED) is 0.489. The SMILES string of the molecule is COc1ccc(C(=O)N[C@@H](Cc2nc3ccccc3n2C)c2ccccc2)cc1OC. The molecule has 4 aromatic rings. The van der Waals surface area contributed by atoms with Crippen LogP contribution in [0.5, 0.6) is 11.5 Å². The van der Waals surface area contributed by atoms with Gasteiger partial charge >= 0.3 is 0 Å². The van der Waals surface area contributed by atoms with E-state index in [1.807, 2.05) is 61.6 Å². The van der Waals surface area contributed by atoms with Crippen LogP contribution in [0.4, 0.5) is 0 Å². The lowest BCUT2D eigenvalue weighted by molar-refractivity contribution is 0.0935. The average Bonchev–Trinajstić information content (AvgIpc) is 3.14. The number of nitrogens with one attached hydrogen (secondary N) is 1. The number of carbonyl (C=O) groups excluding carboxylic acids is 1. The number of fused-ring (bicyclic) bond motifs is 1. The first-order valence-corrected chi connectivity index (χ1v) is 10.1. The van der Waals surface area contributed by atoms with E-state index in [-0.39, 0.29) is 11.9 Å². The Kier molecular flexibility index (Phi) is 5.89. The zero-order chi connectivity index (χ0) is 21.8. The molecule has 0 fully saturated rings. The van der Waals surface area contributed by atoms with Crippen molar-refractivity contribution in [1.29, 1.82) is 0 Å². The number of ether oxygens (including phenoxy) is 2. The highest BCUT2D eigenvalue weighted by molar-refractivity contribution is 5.95. The van der Waals surface area contributed by atoms with Crippen molar-refractivity contribution in [2.75, 3.05) is 14.2 Å². The fourth-order valence-corrected chi connectivity index (χ4v) is 3.72. The highest BCUT2D eigenvalue weighted by Gasteiger charge is 2.20. The summed E-state index contributed by atoms with van der Waals surface area (Å²) in [5.74, 6) is 1.82. The van der Waals surface area contributed by atoms with Gasteiger partial charge in [0.25, 0.3) is 5.91 Å². The molecule has 0 bridgehead atoms. The fourth-order valence-electron chi connectivity index (χ4n) is 3.72. The molecule has 158 valence electrons. The van der Waals surface area contributed by atoms with Crippen LogP contribution in [0.15, 0.2) is 72.8 Å². The zero-order valence-electron chi connectivity index (χ0n) is 17.8. The normalized spacial score (nSPS) is 11.8. The van der Waals surface area contributed by atoms with Crippen LogP contribution < -0.4 is 14.8 Å². The molecule has 0 aliphatic rings. The lowest BCUT2D eigenvalue weighted by Gasteiger charge is -2.20. The highest BCUT2D eigenvalue weighted by atomic mass is 16.5. The molecule has 0 radical (unpaired) electrons. The third-order valence-electron chi connectivity index (χ3n) is 5.42. The molecule has 0 aliphatic heterocycles.